The van der Waals surface area contributed by atoms with Crippen LogP contribution in [0.2, 0.25) is 0 Å². The van der Waals surface area contributed by atoms with Gasteiger partial charge < -0.3 is 4.52 Å². The van der Waals surface area contributed by atoms with Crippen LogP contribution in [0.15, 0.2) is 33.7 Å². The van der Waals surface area contributed by atoms with E-state index in [0.29, 0.717) is 22.7 Å². The van der Waals surface area contributed by atoms with Crippen molar-refractivity contribution < 1.29 is 17.7 Å². The molecule has 8 nitrogen and oxygen atoms in total. The zero-order valence-corrected chi connectivity index (χ0v) is 15.7. The number of hydrazine groups is 1. The number of hydrogen-bond donors (Lipinski definition) is 3. The van der Waals surface area contributed by atoms with Crippen molar-refractivity contribution in [2.24, 2.45) is 0 Å². The predicted octanol–water partition coefficient (Wildman–Crippen LogP) is 2.30. The van der Waals surface area contributed by atoms with Crippen LogP contribution in [-0.2, 0) is 10.0 Å². The molecule has 1 amide bonds. The SMILES string of the molecule is Cc1noc(C(C)C)c1C(=O)NNc1ccc(S(=O)(=O)NC2CC2)cc1. The van der Waals surface area contributed by atoms with Crippen molar-refractivity contribution >= 4 is 21.6 Å². The Labute approximate surface area is 152 Å². The summed E-state index contributed by atoms with van der Waals surface area (Å²) in [5.74, 6) is 0.189. The molecule has 0 atom stereocenters. The maximum absolute atomic E-state index is 12.4. The van der Waals surface area contributed by atoms with Crippen LogP contribution in [-0.4, -0.2) is 25.5 Å². The lowest BCUT2D eigenvalue weighted by atomic mass is 10.0. The van der Waals surface area contributed by atoms with Crippen molar-refractivity contribution in [3.63, 3.8) is 0 Å². The number of hydrogen-bond acceptors (Lipinski definition) is 6. The summed E-state index contributed by atoms with van der Waals surface area (Å²) < 4.78 is 32.1. The maximum Gasteiger partial charge on any atom is 0.275 e. The van der Waals surface area contributed by atoms with Gasteiger partial charge in [-0.15, -0.1) is 0 Å². The van der Waals surface area contributed by atoms with E-state index < -0.39 is 10.0 Å². The number of amides is 1. The molecule has 1 fully saturated rings. The van der Waals surface area contributed by atoms with Gasteiger partial charge in [0, 0.05) is 12.0 Å². The minimum Gasteiger partial charge on any atom is -0.360 e. The smallest absolute Gasteiger partial charge is 0.275 e. The molecule has 1 heterocycles. The van der Waals surface area contributed by atoms with E-state index in [0.717, 1.165) is 12.8 Å². The third-order valence-electron chi connectivity index (χ3n) is 4.02. The molecule has 0 unspecified atom stereocenters. The van der Waals surface area contributed by atoms with Crippen molar-refractivity contribution in [1.82, 2.24) is 15.3 Å². The summed E-state index contributed by atoms with van der Waals surface area (Å²) in [6, 6.07) is 6.21. The molecule has 2 aromatic rings. The second kappa shape index (κ2) is 7.08. The highest BCUT2D eigenvalue weighted by molar-refractivity contribution is 7.89. The quantitative estimate of drug-likeness (QED) is 0.637. The average Bonchev–Trinajstić information content (AvgIpc) is 3.30. The highest BCUT2D eigenvalue weighted by atomic mass is 32.2. The number of nitrogens with zero attached hydrogens (tertiary/aromatic N) is 1. The number of sulfonamides is 1. The van der Waals surface area contributed by atoms with E-state index in [2.05, 4.69) is 20.7 Å². The number of carbonyl (C=O) groups is 1. The normalized spacial score (nSPS) is 14.5. The van der Waals surface area contributed by atoms with Crippen LogP contribution >= 0.6 is 0 Å². The third-order valence-corrected chi connectivity index (χ3v) is 5.56. The van der Waals surface area contributed by atoms with Crippen molar-refractivity contribution in [3.8, 4) is 0 Å². The summed E-state index contributed by atoms with van der Waals surface area (Å²) in [7, 11) is -3.49. The highest BCUT2D eigenvalue weighted by Gasteiger charge is 2.28. The summed E-state index contributed by atoms with van der Waals surface area (Å²) in [5.41, 5.74) is 6.83. The zero-order chi connectivity index (χ0) is 18.9. The molecule has 0 spiro atoms. The van der Waals surface area contributed by atoms with Crippen molar-refractivity contribution in [2.75, 3.05) is 5.43 Å². The van der Waals surface area contributed by atoms with Gasteiger partial charge in [0.25, 0.3) is 5.91 Å². The van der Waals surface area contributed by atoms with E-state index in [9.17, 15) is 13.2 Å². The van der Waals surface area contributed by atoms with Gasteiger partial charge in [0.15, 0.2) is 5.76 Å². The van der Waals surface area contributed by atoms with Crippen LogP contribution < -0.4 is 15.6 Å². The fourth-order valence-electron chi connectivity index (χ4n) is 2.46. The number of carbonyl (C=O) groups excluding carboxylic acids is 1. The molecule has 26 heavy (non-hydrogen) atoms. The first kappa shape index (κ1) is 18.4. The van der Waals surface area contributed by atoms with Crippen molar-refractivity contribution in [1.29, 1.82) is 0 Å². The largest absolute Gasteiger partial charge is 0.360 e. The van der Waals surface area contributed by atoms with Crippen LogP contribution in [0.25, 0.3) is 0 Å². The minimum atomic E-state index is -3.49. The first-order chi connectivity index (χ1) is 12.3. The summed E-state index contributed by atoms with van der Waals surface area (Å²) in [5, 5.41) is 3.84. The maximum atomic E-state index is 12.4. The second-order valence-corrected chi connectivity index (χ2v) is 8.37. The van der Waals surface area contributed by atoms with Crippen molar-refractivity contribution in [2.45, 2.75) is 50.5 Å². The third kappa shape index (κ3) is 4.05. The Hall–Kier alpha value is -2.39. The summed E-state index contributed by atoms with van der Waals surface area (Å²) in [6.45, 7) is 5.54. The van der Waals surface area contributed by atoms with Crippen LogP contribution in [0.1, 0.15) is 54.4 Å². The van der Waals surface area contributed by atoms with Crippen LogP contribution in [0.3, 0.4) is 0 Å². The molecular weight excluding hydrogens is 356 g/mol. The molecule has 1 aliphatic carbocycles. The van der Waals surface area contributed by atoms with Gasteiger partial charge in [0.1, 0.15) is 5.56 Å². The zero-order valence-electron chi connectivity index (χ0n) is 14.9. The minimum absolute atomic E-state index is 0.0282. The molecule has 1 aliphatic rings. The molecule has 140 valence electrons. The first-order valence-corrected chi connectivity index (χ1v) is 9.91. The Morgan fingerprint density at radius 1 is 1.23 bits per heavy atom. The van der Waals surface area contributed by atoms with Gasteiger partial charge in [-0.3, -0.25) is 15.6 Å². The Morgan fingerprint density at radius 2 is 1.88 bits per heavy atom. The molecule has 1 aromatic carbocycles. The van der Waals surface area contributed by atoms with Gasteiger partial charge >= 0.3 is 0 Å². The number of rotatable bonds is 7. The standard InChI is InChI=1S/C17H22N4O4S/c1-10(2)16-15(11(3)20-25-16)17(22)19-18-12-6-8-14(9-7-12)26(23,24)21-13-4-5-13/h6-10,13,18,21H,4-5H2,1-3H3,(H,19,22). The Kier molecular flexibility index (Phi) is 5.01. The van der Waals surface area contributed by atoms with E-state index >= 15 is 0 Å². The number of aryl methyl sites for hydroxylation is 1. The average molecular weight is 378 g/mol. The van der Waals surface area contributed by atoms with E-state index in [1.165, 1.54) is 12.1 Å². The molecule has 9 heteroatoms. The number of nitrogens with one attached hydrogen (secondary N) is 3. The first-order valence-electron chi connectivity index (χ1n) is 8.43. The van der Waals surface area contributed by atoms with Gasteiger partial charge in [-0.1, -0.05) is 19.0 Å². The van der Waals surface area contributed by atoms with E-state index in [1.807, 2.05) is 13.8 Å². The Bertz CT molecular complexity index is 899. The molecular formula is C17H22N4O4S. The molecule has 0 aliphatic heterocycles. The van der Waals surface area contributed by atoms with E-state index in [4.69, 9.17) is 4.52 Å². The fraction of sp³-hybridized carbons (Fsp3) is 0.412. The predicted molar refractivity (Wildman–Crippen MR) is 96.2 cm³/mol. The summed E-state index contributed by atoms with van der Waals surface area (Å²) in [6.07, 6.45) is 1.76. The monoisotopic (exact) mass is 378 g/mol. The lowest BCUT2D eigenvalue weighted by Crippen LogP contribution is -2.30. The van der Waals surface area contributed by atoms with Gasteiger partial charge in [0.2, 0.25) is 10.0 Å². The van der Waals surface area contributed by atoms with Crippen LogP contribution in [0, 0.1) is 6.92 Å². The number of aromatic nitrogens is 1. The molecule has 1 aromatic heterocycles. The number of anilines is 1. The second-order valence-electron chi connectivity index (χ2n) is 6.66. The Balaban J connectivity index is 1.65. The van der Waals surface area contributed by atoms with Gasteiger partial charge in [0.05, 0.1) is 16.3 Å². The van der Waals surface area contributed by atoms with Crippen molar-refractivity contribution in [3.05, 3.63) is 41.3 Å². The molecule has 0 radical (unpaired) electrons. The fourth-order valence-corrected chi connectivity index (χ4v) is 3.76. The summed E-state index contributed by atoms with van der Waals surface area (Å²) in [4.78, 5) is 12.6. The lowest BCUT2D eigenvalue weighted by molar-refractivity contribution is 0.0959. The molecule has 3 rings (SSSR count). The van der Waals surface area contributed by atoms with Crippen LogP contribution in [0.4, 0.5) is 5.69 Å². The lowest BCUT2D eigenvalue weighted by Gasteiger charge is -2.11. The van der Waals surface area contributed by atoms with Crippen LogP contribution in [0.5, 0.6) is 0 Å². The Morgan fingerprint density at radius 3 is 2.46 bits per heavy atom. The molecule has 1 saturated carbocycles. The highest BCUT2D eigenvalue weighted by Crippen LogP contribution is 2.23. The molecule has 0 saturated heterocycles. The molecule has 3 N–H and O–H groups in total. The van der Waals surface area contributed by atoms with E-state index in [1.54, 1.807) is 19.1 Å². The van der Waals surface area contributed by atoms with Gasteiger partial charge in [-0.25, -0.2) is 13.1 Å². The topological polar surface area (TPSA) is 113 Å². The van der Waals surface area contributed by atoms with E-state index in [-0.39, 0.29) is 22.8 Å². The molecule has 0 bridgehead atoms. The van der Waals surface area contributed by atoms with Gasteiger partial charge in [-0.2, -0.15) is 0 Å². The number of benzene rings is 1. The summed E-state index contributed by atoms with van der Waals surface area (Å²) >= 11 is 0. The van der Waals surface area contributed by atoms with Gasteiger partial charge in [-0.05, 0) is 44.0 Å².